The molecular formula is C38H42ClN7O5. The van der Waals surface area contributed by atoms with Crippen LogP contribution in [0.15, 0.2) is 58.3 Å². The van der Waals surface area contributed by atoms with Crippen LogP contribution in [0.2, 0.25) is 5.02 Å². The van der Waals surface area contributed by atoms with E-state index >= 15 is 0 Å². The minimum atomic E-state index is -0.655. The predicted molar refractivity (Wildman–Crippen MR) is 197 cm³/mol. The summed E-state index contributed by atoms with van der Waals surface area (Å²) in [6.07, 6.45) is 5.64. The van der Waals surface area contributed by atoms with Crippen molar-refractivity contribution in [3.05, 3.63) is 96.8 Å². The van der Waals surface area contributed by atoms with Gasteiger partial charge in [0.25, 0.3) is 11.5 Å². The van der Waals surface area contributed by atoms with E-state index < -0.39 is 17.2 Å². The van der Waals surface area contributed by atoms with Gasteiger partial charge in [0.05, 0.1) is 23.4 Å². The molecule has 3 amide bonds. The third-order valence-corrected chi connectivity index (χ3v) is 11.0. The normalized spacial score (nSPS) is 19.9. The number of halogens is 1. The van der Waals surface area contributed by atoms with E-state index in [2.05, 4.69) is 26.9 Å². The van der Waals surface area contributed by atoms with Gasteiger partial charge in [-0.05, 0) is 67.9 Å². The number of methoxy groups -OCH3 is 1. The highest BCUT2D eigenvalue weighted by Gasteiger charge is 2.45. The van der Waals surface area contributed by atoms with Crippen molar-refractivity contribution >= 4 is 29.2 Å². The van der Waals surface area contributed by atoms with Gasteiger partial charge in [0, 0.05) is 67.8 Å². The van der Waals surface area contributed by atoms with Gasteiger partial charge in [-0.1, -0.05) is 48.9 Å². The zero-order chi connectivity index (χ0) is 36.0. The first-order valence-corrected chi connectivity index (χ1v) is 17.8. The maximum atomic E-state index is 13.4. The Morgan fingerprint density at radius 2 is 1.88 bits per heavy atom. The van der Waals surface area contributed by atoms with Gasteiger partial charge < -0.3 is 20.7 Å². The van der Waals surface area contributed by atoms with Crippen LogP contribution >= 0.6 is 11.6 Å². The second kappa shape index (κ2) is 13.6. The van der Waals surface area contributed by atoms with Crippen LogP contribution in [0.1, 0.15) is 65.7 Å². The molecular weight excluding hydrogens is 670 g/mol. The zero-order valence-electron chi connectivity index (χ0n) is 29.3. The number of anilines is 1. The second-order valence-electron chi connectivity index (χ2n) is 13.8. The smallest absolute Gasteiger partial charge is 0.330 e. The van der Waals surface area contributed by atoms with Crippen molar-refractivity contribution in [2.45, 2.75) is 64.1 Å². The fourth-order valence-electron chi connectivity index (χ4n) is 7.95. The van der Waals surface area contributed by atoms with Gasteiger partial charge in [-0.25, -0.2) is 14.6 Å². The molecule has 4 aromatic rings. The highest BCUT2D eigenvalue weighted by Crippen LogP contribution is 2.46. The van der Waals surface area contributed by atoms with Gasteiger partial charge >= 0.3 is 11.7 Å². The Kier molecular flexibility index (Phi) is 9.23. The van der Waals surface area contributed by atoms with Crippen LogP contribution in [0.25, 0.3) is 22.4 Å². The molecule has 7 rings (SSSR count). The first-order valence-electron chi connectivity index (χ1n) is 17.4. The number of nitrogens with zero attached hydrogens (tertiary/aromatic N) is 4. The molecule has 2 fully saturated rings. The molecule has 266 valence electrons. The topological polar surface area (TPSA) is 140 Å². The number of nitrogens with one attached hydrogen (secondary N) is 3. The fraction of sp³-hybridized carbons (Fsp3) is 0.395. The Balaban J connectivity index is 1.18. The number of fused-ring (bicyclic) bond motifs is 1. The number of hydrogen-bond acceptors (Lipinski definition) is 7. The number of ether oxygens (including phenoxy) is 1. The first-order chi connectivity index (χ1) is 24.5. The SMILES string of the molecule is CCCn1cc(C(=O)Nc2cccc(-c3cccc(-c4cc5c(c(OC)n4)C(N4CCC6(CCNC(=O)N6)C4)CC5)c3Cl)c2C)c(=O)n(C)c1=O. The van der Waals surface area contributed by atoms with E-state index in [1.54, 1.807) is 13.2 Å². The van der Waals surface area contributed by atoms with E-state index in [1.165, 1.54) is 23.4 Å². The van der Waals surface area contributed by atoms with Crippen molar-refractivity contribution in [3.8, 4) is 28.3 Å². The Hall–Kier alpha value is -4.94. The molecule has 0 radical (unpaired) electrons. The minimum Gasteiger partial charge on any atom is -0.481 e. The second-order valence-corrected chi connectivity index (χ2v) is 14.1. The summed E-state index contributed by atoms with van der Waals surface area (Å²) < 4.78 is 8.26. The van der Waals surface area contributed by atoms with Gasteiger partial charge in [0.2, 0.25) is 5.88 Å². The summed E-state index contributed by atoms with van der Waals surface area (Å²) >= 11 is 7.18. The van der Waals surface area contributed by atoms with Crippen molar-refractivity contribution in [2.75, 3.05) is 32.1 Å². The fourth-order valence-corrected chi connectivity index (χ4v) is 8.28. The van der Waals surface area contributed by atoms with Gasteiger partial charge in [-0.15, -0.1) is 0 Å². The Labute approximate surface area is 300 Å². The number of urea groups is 1. The zero-order valence-corrected chi connectivity index (χ0v) is 30.0. The number of carbonyl (C=O) groups is 2. The standard InChI is InChI=1S/C38H42ClN7O5/c1-5-17-45-20-27(35(48)44(3)37(45)50)33(47)41-28-11-7-8-24(22(28)2)25-9-6-10-26(32(25)39)29-19-23-12-13-30(31(23)34(42-29)51-4)46-18-15-38(21-46)14-16-40-36(49)43-38/h6-11,19-20,30H,5,12-18,21H2,1-4H3,(H,41,47)(H2,40,43,49). The summed E-state index contributed by atoms with van der Waals surface area (Å²) in [5, 5.41) is 9.46. The number of aryl methyl sites for hydroxylation is 2. The minimum absolute atomic E-state index is 0.0937. The molecule has 2 aromatic heterocycles. The molecule has 2 aliphatic heterocycles. The summed E-state index contributed by atoms with van der Waals surface area (Å²) in [7, 11) is 3.02. The number of rotatable bonds is 8. The molecule has 2 saturated heterocycles. The molecule has 0 bridgehead atoms. The number of likely N-dealkylation sites (tertiary alicyclic amines) is 1. The van der Waals surface area contributed by atoms with Crippen LogP contribution in [0.5, 0.6) is 5.88 Å². The molecule has 51 heavy (non-hydrogen) atoms. The predicted octanol–water partition coefficient (Wildman–Crippen LogP) is 5.04. The van der Waals surface area contributed by atoms with E-state index in [9.17, 15) is 19.2 Å². The molecule has 3 aliphatic rings. The molecule has 3 N–H and O–H groups in total. The Bertz CT molecular complexity index is 2180. The van der Waals surface area contributed by atoms with Gasteiger partial charge in [-0.2, -0.15) is 0 Å². The number of pyridine rings is 1. The number of aromatic nitrogens is 3. The quantitative estimate of drug-likeness (QED) is 0.233. The largest absolute Gasteiger partial charge is 0.481 e. The van der Waals surface area contributed by atoms with Gasteiger partial charge in [0.15, 0.2) is 0 Å². The molecule has 0 saturated carbocycles. The number of amides is 3. The molecule has 12 nitrogen and oxygen atoms in total. The van der Waals surface area contributed by atoms with E-state index in [0.717, 1.165) is 71.2 Å². The molecule has 4 heterocycles. The van der Waals surface area contributed by atoms with Crippen LogP contribution in [-0.4, -0.2) is 63.2 Å². The van der Waals surface area contributed by atoms with Crippen LogP contribution in [-0.2, 0) is 20.0 Å². The highest BCUT2D eigenvalue weighted by molar-refractivity contribution is 6.36. The average Bonchev–Trinajstić information content (AvgIpc) is 3.73. The van der Waals surface area contributed by atoms with Crippen molar-refractivity contribution in [1.29, 1.82) is 0 Å². The van der Waals surface area contributed by atoms with Crippen LogP contribution < -0.4 is 31.9 Å². The molecule has 13 heteroatoms. The molecule has 2 atom stereocenters. The van der Waals surface area contributed by atoms with Crippen molar-refractivity contribution in [3.63, 3.8) is 0 Å². The molecule has 2 aromatic carbocycles. The van der Waals surface area contributed by atoms with Crippen molar-refractivity contribution in [2.24, 2.45) is 7.05 Å². The highest BCUT2D eigenvalue weighted by atomic mass is 35.5. The third kappa shape index (κ3) is 6.20. The van der Waals surface area contributed by atoms with E-state index in [0.29, 0.717) is 41.8 Å². The molecule has 2 unspecified atom stereocenters. The van der Waals surface area contributed by atoms with E-state index in [-0.39, 0.29) is 23.2 Å². The first kappa shape index (κ1) is 34.5. The van der Waals surface area contributed by atoms with E-state index in [4.69, 9.17) is 21.3 Å². The Morgan fingerprint density at radius 3 is 2.65 bits per heavy atom. The van der Waals surface area contributed by atoms with Crippen molar-refractivity contribution < 1.29 is 14.3 Å². The van der Waals surface area contributed by atoms with Gasteiger partial charge in [0.1, 0.15) is 5.56 Å². The van der Waals surface area contributed by atoms with Crippen LogP contribution in [0.3, 0.4) is 0 Å². The summed E-state index contributed by atoms with van der Waals surface area (Å²) in [6.45, 7) is 6.57. The maximum Gasteiger partial charge on any atom is 0.330 e. The van der Waals surface area contributed by atoms with E-state index in [1.807, 2.05) is 44.2 Å². The van der Waals surface area contributed by atoms with Crippen molar-refractivity contribution in [1.82, 2.24) is 29.7 Å². The van der Waals surface area contributed by atoms with Crippen LogP contribution in [0, 0.1) is 6.92 Å². The average molecular weight is 712 g/mol. The van der Waals surface area contributed by atoms with Gasteiger partial charge in [-0.3, -0.25) is 23.6 Å². The molecule has 1 spiro atoms. The van der Waals surface area contributed by atoms with Crippen LogP contribution in [0.4, 0.5) is 10.5 Å². The number of benzene rings is 2. The Morgan fingerprint density at radius 1 is 1.12 bits per heavy atom. The summed E-state index contributed by atoms with van der Waals surface area (Å²) in [4.78, 5) is 58.4. The summed E-state index contributed by atoms with van der Waals surface area (Å²) in [5.74, 6) is -0.0167. The lowest BCUT2D eigenvalue weighted by Crippen LogP contribution is -2.59. The number of hydrogen-bond donors (Lipinski definition) is 3. The summed E-state index contributed by atoms with van der Waals surface area (Å²) in [5.41, 5.74) is 5.17. The lowest BCUT2D eigenvalue weighted by atomic mass is 9.93. The third-order valence-electron chi connectivity index (χ3n) is 10.6. The monoisotopic (exact) mass is 711 g/mol. The maximum absolute atomic E-state index is 13.4. The summed E-state index contributed by atoms with van der Waals surface area (Å²) in [6, 6.07) is 13.5. The molecule has 1 aliphatic carbocycles. The lowest BCUT2D eigenvalue weighted by Gasteiger charge is -2.36. The lowest BCUT2D eigenvalue weighted by molar-refractivity contribution is 0.102. The number of carbonyl (C=O) groups excluding carboxylic acids is 2.